The standard InChI is InChI=1S/C23H26FN7O2/c1-29-12-25-22(26-23(29)33)13-4-6-15(19(32)10-13)16-7-9-20(28-27-16)31(3)18-11-14-5-8-17(21(18)24)30(14)2/h4,6-7,9-10,12,14,17-18,21,32H,5,8,11H2,1-3H3/t14?,17?,18-,21+/m0/s1. The molecule has 0 spiro atoms. The molecule has 4 heterocycles. The summed E-state index contributed by atoms with van der Waals surface area (Å²) in [7, 11) is 5.44. The van der Waals surface area contributed by atoms with Crippen LogP contribution >= 0.6 is 0 Å². The van der Waals surface area contributed by atoms with Crippen LogP contribution in [0.15, 0.2) is 41.5 Å². The predicted molar refractivity (Wildman–Crippen MR) is 122 cm³/mol. The molecular weight excluding hydrogens is 425 g/mol. The molecule has 3 aromatic rings. The van der Waals surface area contributed by atoms with Crippen molar-refractivity contribution < 1.29 is 9.50 Å². The highest BCUT2D eigenvalue weighted by molar-refractivity contribution is 5.72. The van der Waals surface area contributed by atoms with Crippen molar-refractivity contribution in [1.82, 2.24) is 29.6 Å². The molecule has 0 saturated carbocycles. The van der Waals surface area contributed by atoms with Gasteiger partial charge in [-0.25, -0.2) is 14.2 Å². The second-order valence-electron chi connectivity index (χ2n) is 8.90. The van der Waals surface area contributed by atoms with E-state index in [9.17, 15) is 9.90 Å². The van der Waals surface area contributed by atoms with E-state index >= 15 is 4.39 Å². The van der Waals surface area contributed by atoms with Gasteiger partial charge in [-0.3, -0.25) is 9.47 Å². The van der Waals surface area contributed by atoms with Gasteiger partial charge in [0.2, 0.25) is 0 Å². The van der Waals surface area contributed by atoms with Gasteiger partial charge in [0.25, 0.3) is 0 Å². The molecule has 172 valence electrons. The summed E-state index contributed by atoms with van der Waals surface area (Å²) in [5.41, 5.74) is 1.07. The molecule has 2 unspecified atom stereocenters. The van der Waals surface area contributed by atoms with Crippen molar-refractivity contribution in [3.05, 3.63) is 47.1 Å². The van der Waals surface area contributed by atoms with Crippen molar-refractivity contribution in [2.45, 2.75) is 43.6 Å². The smallest absolute Gasteiger partial charge is 0.350 e. The Balaban J connectivity index is 1.36. The number of phenols is 1. The molecule has 2 aliphatic rings. The maximum Gasteiger partial charge on any atom is 0.350 e. The van der Waals surface area contributed by atoms with Crippen LogP contribution in [0.1, 0.15) is 19.3 Å². The molecule has 2 aromatic heterocycles. The number of nitrogens with zero attached hydrogens (tertiary/aromatic N) is 7. The molecule has 2 aliphatic heterocycles. The van der Waals surface area contributed by atoms with Crippen molar-refractivity contribution >= 4 is 5.82 Å². The van der Waals surface area contributed by atoms with Gasteiger partial charge in [0.05, 0.1) is 11.7 Å². The Hall–Kier alpha value is -3.40. The van der Waals surface area contributed by atoms with Gasteiger partial charge in [0.15, 0.2) is 11.6 Å². The normalized spacial score (nSPS) is 24.7. The van der Waals surface area contributed by atoms with E-state index in [1.807, 2.05) is 19.0 Å². The molecule has 2 fully saturated rings. The second-order valence-corrected chi connectivity index (χ2v) is 8.90. The van der Waals surface area contributed by atoms with Crippen LogP contribution in [0.4, 0.5) is 10.2 Å². The molecule has 10 heteroatoms. The number of hydrogen-bond donors (Lipinski definition) is 1. The lowest BCUT2D eigenvalue weighted by Crippen LogP contribution is -2.56. The van der Waals surface area contributed by atoms with E-state index in [-0.39, 0.29) is 23.7 Å². The summed E-state index contributed by atoms with van der Waals surface area (Å²) in [5, 5.41) is 19.2. The lowest BCUT2D eigenvalue weighted by molar-refractivity contribution is 0.0701. The summed E-state index contributed by atoms with van der Waals surface area (Å²) in [6, 6.07) is 8.60. The Morgan fingerprint density at radius 3 is 2.67 bits per heavy atom. The number of aromatic hydroxyl groups is 1. The number of anilines is 1. The summed E-state index contributed by atoms with van der Waals surface area (Å²) in [6.45, 7) is 0. The molecule has 1 N–H and O–H groups in total. The number of aryl methyl sites for hydroxylation is 1. The Bertz CT molecular complexity index is 1230. The zero-order valence-corrected chi connectivity index (χ0v) is 18.8. The Labute approximate surface area is 190 Å². The topological polar surface area (TPSA) is 100 Å². The summed E-state index contributed by atoms with van der Waals surface area (Å²) >= 11 is 0. The van der Waals surface area contributed by atoms with E-state index in [1.165, 1.54) is 17.0 Å². The Kier molecular flexibility index (Phi) is 5.32. The maximum absolute atomic E-state index is 15.2. The fraction of sp³-hybridized carbons (Fsp3) is 0.435. The lowest BCUT2D eigenvalue weighted by atomic mass is 9.95. The minimum atomic E-state index is -0.936. The van der Waals surface area contributed by atoms with Crippen molar-refractivity contribution in [2.24, 2.45) is 7.05 Å². The van der Waals surface area contributed by atoms with E-state index < -0.39 is 11.9 Å². The molecular formula is C23H26FN7O2. The SMILES string of the molecule is CN1C2CCC1[C@@H](F)[C@@H](N(C)c1ccc(-c3ccc(-c4ncn(C)c(=O)n4)cc3O)nn1)C2. The van der Waals surface area contributed by atoms with Crippen molar-refractivity contribution in [3.63, 3.8) is 0 Å². The number of halogens is 1. The number of benzene rings is 1. The number of aromatic nitrogens is 5. The molecule has 0 radical (unpaired) electrons. The van der Waals surface area contributed by atoms with Crippen LogP contribution in [0.2, 0.25) is 0 Å². The van der Waals surface area contributed by atoms with Crippen LogP contribution in [0.25, 0.3) is 22.6 Å². The first-order valence-electron chi connectivity index (χ1n) is 11.0. The van der Waals surface area contributed by atoms with E-state index in [0.29, 0.717) is 28.7 Å². The van der Waals surface area contributed by atoms with Crippen LogP contribution in [-0.4, -0.2) is 73.1 Å². The molecule has 2 bridgehead atoms. The molecule has 5 rings (SSSR count). The quantitative estimate of drug-likeness (QED) is 0.643. The van der Waals surface area contributed by atoms with Gasteiger partial charge < -0.3 is 10.0 Å². The third-order valence-electron chi connectivity index (χ3n) is 7.04. The van der Waals surface area contributed by atoms with E-state index in [2.05, 4.69) is 25.1 Å². The summed E-state index contributed by atoms with van der Waals surface area (Å²) in [4.78, 5) is 23.9. The average Bonchev–Trinajstić information content (AvgIpc) is 3.08. The number of phenolic OH excluding ortho intramolecular Hbond substituents is 1. The lowest BCUT2D eigenvalue weighted by Gasteiger charge is -2.43. The third kappa shape index (κ3) is 3.74. The largest absolute Gasteiger partial charge is 0.507 e. The monoisotopic (exact) mass is 451 g/mol. The average molecular weight is 452 g/mol. The molecule has 33 heavy (non-hydrogen) atoms. The number of hydrogen-bond acceptors (Lipinski definition) is 8. The van der Waals surface area contributed by atoms with Gasteiger partial charge in [0, 0.05) is 37.3 Å². The van der Waals surface area contributed by atoms with Crippen LogP contribution < -0.4 is 10.6 Å². The summed E-state index contributed by atoms with van der Waals surface area (Å²) in [5.74, 6) is 0.804. The Morgan fingerprint density at radius 2 is 1.97 bits per heavy atom. The number of rotatable bonds is 4. The maximum atomic E-state index is 15.2. The van der Waals surface area contributed by atoms with Crippen molar-refractivity contribution in [3.8, 4) is 28.4 Å². The first-order valence-corrected chi connectivity index (χ1v) is 11.0. The summed E-state index contributed by atoms with van der Waals surface area (Å²) < 4.78 is 16.4. The van der Waals surface area contributed by atoms with Crippen molar-refractivity contribution in [1.29, 1.82) is 0 Å². The first kappa shape index (κ1) is 21.4. The zero-order chi connectivity index (χ0) is 23.3. The van der Waals surface area contributed by atoms with Crippen LogP contribution in [0, 0.1) is 0 Å². The number of piperidine rings is 1. The van der Waals surface area contributed by atoms with E-state index in [0.717, 1.165) is 19.3 Å². The predicted octanol–water partition coefficient (Wildman–Crippen LogP) is 2.01. The van der Waals surface area contributed by atoms with Crippen LogP contribution in [-0.2, 0) is 7.05 Å². The Morgan fingerprint density at radius 1 is 1.15 bits per heavy atom. The van der Waals surface area contributed by atoms with Gasteiger partial charge in [-0.15, -0.1) is 10.2 Å². The molecule has 4 atom stereocenters. The first-order chi connectivity index (χ1) is 15.8. The van der Waals surface area contributed by atoms with E-state index in [1.54, 1.807) is 31.3 Å². The van der Waals surface area contributed by atoms with Crippen LogP contribution in [0.3, 0.4) is 0 Å². The highest BCUT2D eigenvalue weighted by Crippen LogP contribution is 2.39. The highest BCUT2D eigenvalue weighted by atomic mass is 19.1. The van der Waals surface area contributed by atoms with Crippen molar-refractivity contribution in [2.75, 3.05) is 19.0 Å². The summed E-state index contributed by atoms with van der Waals surface area (Å²) in [6.07, 6.45) is 3.15. The second kappa shape index (κ2) is 8.18. The number of fused-ring (bicyclic) bond motifs is 2. The fourth-order valence-electron chi connectivity index (χ4n) is 4.99. The van der Waals surface area contributed by atoms with Crippen LogP contribution in [0.5, 0.6) is 5.75 Å². The highest BCUT2D eigenvalue weighted by Gasteiger charge is 2.47. The minimum absolute atomic E-state index is 0.0251. The minimum Gasteiger partial charge on any atom is -0.507 e. The number of alkyl halides is 1. The molecule has 9 nitrogen and oxygen atoms in total. The fourth-order valence-corrected chi connectivity index (χ4v) is 4.99. The zero-order valence-electron chi connectivity index (χ0n) is 18.8. The van der Waals surface area contributed by atoms with Gasteiger partial charge >= 0.3 is 5.69 Å². The molecule has 0 amide bonds. The van der Waals surface area contributed by atoms with Gasteiger partial charge in [0.1, 0.15) is 18.2 Å². The van der Waals surface area contributed by atoms with Gasteiger partial charge in [-0.1, -0.05) is 6.07 Å². The van der Waals surface area contributed by atoms with E-state index in [4.69, 9.17) is 0 Å². The third-order valence-corrected chi connectivity index (χ3v) is 7.04. The van der Waals surface area contributed by atoms with Gasteiger partial charge in [-0.2, -0.15) is 4.98 Å². The molecule has 1 aromatic carbocycles. The molecule has 0 aliphatic carbocycles. The molecule has 2 saturated heterocycles. The van der Waals surface area contributed by atoms with Gasteiger partial charge in [-0.05, 0) is 50.6 Å².